The summed E-state index contributed by atoms with van der Waals surface area (Å²) >= 11 is 0. The Balaban J connectivity index is 2.14. The molecule has 2 aromatic rings. The standard InChI is InChI=1S/C15H13F3N2O3S/c16-15(17,18)12-3-1-2-10(8-12)9-20-24(22,23)13-6-4-11(5-7-13)14(19)21/h1-8,20H,9H2,(H2,19,21). The molecular formula is C15H13F3N2O3S. The quantitative estimate of drug-likeness (QED) is 0.859. The van der Waals surface area contributed by atoms with E-state index >= 15 is 0 Å². The Labute approximate surface area is 136 Å². The van der Waals surface area contributed by atoms with Crippen LogP contribution < -0.4 is 10.5 Å². The summed E-state index contributed by atoms with van der Waals surface area (Å²) < 4.78 is 64.3. The molecule has 0 aromatic heterocycles. The molecule has 0 radical (unpaired) electrons. The van der Waals surface area contributed by atoms with E-state index in [4.69, 9.17) is 5.73 Å². The van der Waals surface area contributed by atoms with Crippen LogP contribution in [-0.2, 0) is 22.7 Å². The van der Waals surface area contributed by atoms with Gasteiger partial charge in [-0.3, -0.25) is 4.79 Å². The first-order valence-corrected chi connectivity index (χ1v) is 8.13. The van der Waals surface area contributed by atoms with Gasteiger partial charge in [-0.15, -0.1) is 0 Å². The van der Waals surface area contributed by atoms with E-state index in [1.807, 2.05) is 0 Å². The molecule has 5 nitrogen and oxygen atoms in total. The Hall–Kier alpha value is -2.39. The maximum Gasteiger partial charge on any atom is 0.416 e. The monoisotopic (exact) mass is 358 g/mol. The Morgan fingerprint density at radius 2 is 1.71 bits per heavy atom. The smallest absolute Gasteiger partial charge is 0.366 e. The van der Waals surface area contributed by atoms with E-state index in [-0.39, 0.29) is 22.6 Å². The van der Waals surface area contributed by atoms with E-state index in [2.05, 4.69) is 4.72 Å². The van der Waals surface area contributed by atoms with E-state index in [0.29, 0.717) is 0 Å². The third-order valence-electron chi connectivity index (χ3n) is 3.17. The molecule has 0 saturated carbocycles. The van der Waals surface area contributed by atoms with Gasteiger partial charge in [-0.1, -0.05) is 18.2 Å². The Bertz CT molecular complexity index is 847. The van der Waals surface area contributed by atoms with Crippen LogP contribution in [-0.4, -0.2) is 14.3 Å². The van der Waals surface area contributed by atoms with Gasteiger partial charge in [0.05, 0.1) is 10.5 Å². The molecule has 0 heterocycles. The lowest BCUT2D eigenvalue weighted by molar-refractivity contribution is -0.137. The minimum atomic E-state index is -4.50. The van der Waals surface area contributed by atoms with Gasteiger partial charge in [0.1, 0.15) is 0 Å². The van der Waals surface area contributed by atoms with Gasteiger partial charge in [-0.25, -0.2) is 13.1 Å². The molecule has 0 aliphatic heterocycles. The van der Waals surface area contributed by atoms with Gasteiger partial charge in [0, 0.05) is 12.1 Å². The van der Waals surface area contributed by atoms with Crippen molar-refractivity contribution in [3.05, 3.63) is 65.2 Å². The number of hydrogen-bond acceptors (Lipinski definition) is 3. The molecular weight excluding hydrogens is 345 g/mol. The molecule has 0 fully saturated rings. The highest BCUT2D eigenvalue weighted by Crippen LogP contribution is 2.29. The molecule has 0 aliphatic carbocycles. The summed E-state index contributed by atoms with van der Waals surface area (Å²) in [6.45, 7) is -0.302. The van der Waals surface area contributed by atoms with Crippen molar-refractivity contribution in [2.75, 3.05) is 0 Å². The number of carbonyl (C=O) groups is 1. The van der Waals surface area contributed by atoms with Gasteiger partial charge in [0.25, 0.3) is 0 Å². The lowest BCUT2D eigenvalue weighted by Gasteiger charge is -2.10. The lowest BCUT2D eigenvalue weighted by atomic mass is 10.1. The number of benzene rings is 2. The summed E-state index contributed by atoms with van der Waals surface area (Å²) in [4.78, 5) is 10.8. The summed E-state index contributed by atoms with van der Waals surface area (Å²) in [7, 11) is -3.93. The Morgan fingerprint density at radius 1 is 1.08 bits per heavy atom. The topological polar surface area (TPSA) is 89.3 Å². The Kier molecular flexibility index (Phi) is 4.95. The highest BCUT2D eigenvalue weighted by atomic mass is 32.2. The van der Waals surface area contributed by atoms with Gasteiger partial charge in [-0.2, -0.15) is 13.2 Å². The van der Waals surface area contributed by atoms with Crippen LogP contribution in [0.3, 0.4) is 0 Å². The molecule has 0 aliphatic rings. The molecule has 24 heavy (non-hydrogen) atoms. The average molecular weight is 358 g/mol. The van der Waals surface area contributed by atoms with Crippen molar-refractivity contribution in [3.8, 4) is 0 Å². The van der Waals surface area contributed by atoms with Crippen LogP contribution in [0.25, 0.3) is 0 Å². The SMILES string of the molecule is NC(=O)c1ccc(S(=O)(=O)NCc2cccc(C(F)(F)F)c2)cc1. The molecule has 0 saturated heterocycles. The molecule has 0 bridgehead atoms. The molecule has 9 heteroatoms. The van der Waals surface area contributed by atoms with Gasteiger partial charge >= 0.3 is 6.18 Å². The second-order valence-electron chi connectivity index (χ2n) is 4.91. The number of rotatable bonds is 5. The number of primary amides is 1. The summed E-state index contributed by atoms with van der Waals surface area (Å²) in [6, 6.07) is 9.24. The number of sulfonamides is 1. The summed E-state index contributed by atoms with van der Waals surface area (Å²) in [5, 5.41) is 0. The fourth-order valence-electron chi connectivity index (χ4n) is 1.92. The van der Waals surface area contributed by atoms with Crippen LogP contribution in [0.15, 0.2) is 53.4 Å². The molecule has 2 aromatic carbocycles. The van der Waals surface area contributed by atoms with Crippen LogP contribution in [0.2, 0.25) is 0 Å². The van der Waals surface area contributed by atoms with Gasteiger partial charge in [-0.05, 0) is 35.9 Å². The van der Waals surface area contributed by atoms with Crippen LogP contribution >= 0.6 is 0 Å². The van der Waals surface area contributed by atoms with E-state index in [9.17, 15) is 26.4 Å². The summed E-state index contributed by atoms with van der Waals surface area (Å²) in [6.07, 6.45) is -4.50. The third-order valence-corrected chi connectivity index (χ3v) is 4.59. The average Bonchev–Trinajstić information content (AvgIpc) is 2.52. The number of amides is 1. The third kappa shape index (κ3) is 4.33. The lowest BCUT2D eigenvalue weighted by Crippen LogP contribution is -2.23. The van der Waals surface area contributed by atoms with Crippen LogP contribution in [0, 0.1) is 0 Å². The normalized spacial score (nSPS) is 12.1. The summed E-state index contributed by atoms with van der Waals surface area (Å²) in [5.41, 5.74) is 4.52. The molecule has 0 atom stereocenters. The van der Waals surface area contributed by atoms with E-state index in [0.717, 1.165) is 12.1 Å². The van der Waals surface area contributed by atoms with Crippen molar-refractivity contribution >= 4 is 15.9 Å². The molecule has 1 amide bonds. The van der Waals surface area contributed by atoms with Crippen molar-refractivity contribution in [1.82, 2.24) is 4.72 Å². The molecule has 0 spiro atoms. The van der Waals surface area contributed by atoms with Crippen LogP contribution in [0.4, 0.5) is 13.2 Å². The maximum atomic E-state index is 12.6. The number of hydrogen-bond donors (Lipinski definition) is 2. The van der Waals surface area contributed by atoms with E-state index in [1.54, 1.807) is 0 Å². The number of carbonyl (C=O) groups excluding carboxylic acids is 1. The number of nitrogens with two attached hydrogens (primary N) is 1. The van der Waals surface area contributed by atoms with Gasteiger partial charge < -0.3 is 5.73 Å². The molecule has 3 N–H and O–H groups in total. The minimum absolute atomic E-state index is 0.125. The van der Waals surface area contributed by atoms with E-state index in [1.165, 1.54) is 36.4 Å². The number of halogens is 3. The maximum absolute atomic E-state index is 12.6. The predicted molar refractivity (Wildman–Crippen MR) is 80.4 cm³/mol. The fourth-order valence-corrected chi connectivity index (χ4v) is 2.94. The van der Waals surface area contributed by atoms with Gasteiger partial charge in [0.2, 0.25) is 15.9 Å². The van der Waals surface area contributed by atoms with Crippen molar-refractivity contribution < 1.29 is 26.4 Å². The first kappa shape index (κ1) is 18.0. The zero-order valence-electron chi connectivity index (χ0n) is 12.2. The zero-order valence-corrected chi connectivity index (χ0v) is 13.0. The predicted octanol–water partition coefficient (Wildman–Crippen LogP) is 2.28. The first-order valence-electron chi connectivity index (χ1n) is 6.65. The molecule has 0 unspecified atom stereocenters. The van der Waals surface area contributed by atoms with Crippen molar-refractivity contribution in [3.63, 3.8) is 0 Å². The van der Waals surface area contributed by atoms with Crippen molar-refractivity contribution in [1.29, 1.82) is 0 Å². The zero-order chi connectivity index (χ0) is 18.0. The highest BCUT2D eigenvalue weighted by Gasteiger charge is 2.30. The van der Waals surface area contributed by atoms with Crippen LogP contribution in [0.1, 0.15) is 21.5 Å². The second kappa shape index (κ2) is 6.62. The van der Waals surface area contributed by atoms with E-state index < -0.39 is 27.7 Å². The van der Waals surface area contributed by atoms with Crippen molar-refractivity contribution in [2.24, 2.45) is 5.73 Å². The fraction of sp³-hybridized carbons (Fsp3) is 0.133. The molecule has 128 valence electrons. The first-order chi connectivity index (χ1) is 11.1. The second-order valence-corrected chi connectivity index (χ2v) is 6.68. The number of alkyl halides is 3. The highest BCUT2D eigenvalue weighted by molar-refractivity contribution is 7.89. The van der Waals surface area contributed by atoms with Crippen molar-refractivity contribution in [2.45, 2.75) is 17.6 Å². The molecule has 2 rings (SSSR count). The Morgan fingerprint density at radius 3 is 2.25 bits per heavy atom. The number of nitrogens with one attached hydrogen (secondary N) is 1. The summed E-state index contributed by atoms with van der Waals surface area (Å²) in [5.74, 6) is -0.698. The largest absolute Gasteiger partial charge is 0.416 e. The van der Waals surface area contributed by atoms with Gasteiger partial charge in [0.15, 0.2) is 0 Å². The minimum Gasteiger partial charge on any atom is -0.366 e. The van der Waals surface area contributed by atoms with Crippen LogP contribution in [0.5, 0.6) is 0 Å².